The molecule has 2 saturated heterocycles. The fourth-order valence-electron chi connectivity index (χ4n) is 5.02. The number of hydrogen-bond donors (Lipinski definition) is 2. The maximum Gasteiger partial charge on any atom is 0.325 e. The third kappa shape index (κ3) is 5.22. The molecule has 1 aromatic carbocycles. The van der Waals surface area contributed by atoms with Crippen LogP contribution in [0.4, 0.5) is 4.39 Å². The highest BCUT2D eigenvalue weighted by atomic mass is 19.1. The number of benzene rings is 1. The zero-order chi connectivity index (χ0) is 22.5. The lowest BCUT2D eigenvalue weighted by Crippen LogP contribution is -2.35. The summed E-state index contributed by atoms with van der Waals surface area (Å²) in [6.45, 7) is 7.02. The SMILES string of the molecule is C=CC1=C(CO[C@@H]2CCN([C@@H](C(=O)O)c3cc(F)ccc3[C@H]3CCCCO3)C2)NCCC1. The van der Waals surface area contributed by atoms with E-state index in [1.807, 2.05) is 11.0 Å². The summed E-state index contributed by atoms with van der Waals surface area (Å²) >= 11 is 0. The van der Waals surface area contributed by atoms with Gasteiger partial charge in [-0.15, -0.1) is 0 Å². The molecule has 1 aromatic rings. The zero-order valence-electron chi connectivity index (χ0n) is 18.5. The second-order valence-corrected chi connectivity index (χ2v) is 8.82. The Kier molecular flexibility index (Phi) is 7.60. The van der Waals surface area contributed by atoms with E-state index in [4.69, 9.17) is 9.47 Å². The summed E-state index contributed by atoms with van der Waals surface area (Å²) in [7, 11) is 0. The van der Waals surface area contributed by atoms with Crippen molar-refractivity contribution in [2.45, 2.75) is 56.8 Å². The Hall–Kier alpha value is -2.22. The first-order valence-electron chi connectivity index (χ1n) is 11.6. The summed E-state index contributed by atoms with van der Waals surface area (Å²) in [6.07, 6.45) is 7.30. The van der Waals surface area contributed by atoms with Crippen LogP contribution in [-0.2, 0) is 14.3 Å². The molecule has 174 valence electrons. The lowest BCUT2D eigenvalue weighted by molar-refractivity contribution is -0.143. The van der Waals surface area contributed by atoms with E-state index < -0.39 is 17.8 Å². The molecule has 0 bridgehead atoms. The number of ether oxygens (including phenoxy) is 2. The van der Waals surface area contributed by atoms with Crippen LogP contribution in [0.1, 0.15) is 61.8 Å². The summed E-state index contributed by atoms with van der Waals surface area (Å²) in [4.78, 5) is 14.2. The molecule has 3 aliphatic rings. The van der Waals surface area contributed by atoms with Crippen molar-refractivity contribution in [3.05, 3.63) is 59.1 Å². The van der Waals surface area contributed by atoms with Crippen LogP contribution in [0.3, 0.4) is 0 Å². The molecule has 0 saturated carbocycles. The molecular formula is C25H33FN2O4. The van der Waals surface area contributed by atoms with E-state index in [2.05, 4.69) is 11.9 Å². The highest BCUT2D eigenvalue weighted by Gasteiger charge is 2.37. The van der Waals surface area contributed by atoms with Crippen LogP contribution in [0.2, 0.25) is 0 Å². The van der Waals surface area contributed by atoms with Gasteiger partial charge in [0.1, 0.15) is 11.9 Å². The van der Waals surface area contributed by atoms with Gasteiger partial charge in [0, 0.05) is 31.9 Å². The van der Waals surface area contributed by atoms with Crippen molar-refractivity contribution in [2.75, 3.05) is 32.8 Å². The van der Waals surface area contributed by atoms with Crippen molar-refractivity contribution < 1.29 is 23.8 Å². The van der Waals surface area contributed by atoms with Gasteiger partial charge in [0.15, 0.2) is 0 Å². The molecule has 0 unspecified atom stereocenters. The fourth-order valence-corrected chi connectivity index (χ4v) is 5.02. The van der Waals surface area contributed by atoms with Gasteiger partial charge in [-0.1, -0.05) is 18.7 Å². The van der Waals surface area contributed by atoms with Crippen LogP contribution in [0.5, 0.6) is 0 Å². The zero-order valence-corrected chi connectivity index (χ0v) is 18.5. The van der Waals surface area contributed by atoms with Crippen molar-refractivity contribution in [1.29, 1.82) is 0 Å². The van der Waals surface area contributed by atoms with E-state index in [1.165, 1.54) is 17.7 Å². The number of allylic oxidation sites excluding steroid dienone is 2. The molecule has 3 aliphatic heterocycles. The van der Waals surface area contributed by atoms with Gasteiger partial charge < -0.3 is 19.9 Å². The minimum atomic E-state index is -0.973. The molecule has 6 nitrogen and oxygen atoms in total. The number of hydrogen-bond acceptors (Lipinski definition) is 5. The highest BCUT2D eigenvalue weighted by molar-refractivity contribution is 5.76. The van der Waals surface area contributed by atoms with Crippen LogP contribution in [0, 0.1) is 5.82 Å². The van der Waals surface area contributed by atoms with Crippen molar-refractivity contribution >= 4 is 5.97 Å². The van der Waals surface area contributed by atoms with Crippen LogP contribution < -0.4 is 5.32 Å². The van der Waals surface area contributed by atoms with Gasteiger partial charge in [0.25, 0.3) is 0 Å². The van der Waals surface area contributed by atoms with Crippen molar-refractivity contribution in [3.63, 3.8) is 0 Å². The first kappa shape index (κ1) is 23.0. The number of rotatable bonds is 8. The largest absolute Gasteiger partial charge is 0.480 e. The number of nitrogens with one attached hydrogen (secondary N) is 1. The topological polar surface area (TPSA) is 71.0 Å². The Morgan fingerprint density at radius 1 is 1.38 bits per heavy atom. The molecular weight excluding hydrogens is 411 g/mol. The Morgan fingerprint density at radius 3 is 3.00 bits per heavy atom. The number of carbonyl (C=O) groups is 1. The quantitative estimate of drug-likeness (QED) is 0.629. The molecule has 3 atom stereocenters. The van der Waals surface area contributed by atoms with Crippen molar-refractivity contribution in [1.82, 2.24) is 10.2 Å². The van der Waals surface area contributed by atoms with Crippen LogP contribution in [-0.4, -0.2) is 54.9 Å². The number of halogens is 1. The predicted octanol–water partition coefficient (Wildman–Crippen LogP) is 4.11. The van der Waals surface area contributed by atoms with Crippen LogP contribution >= 0.6 is 0 Å². The third-order valence-corrected chi connectivity index (χ3v) is 6.70. The third-order valence-electron chi connectivity index (χ3n) is 6.70. The van der Waals surface area contributed by atoms with Gasteiger partial charge in [0.2, 0.25) is 0 Å². The molecule has 4 rings (SSSR count). The molecule has 3 heterocycles. The lowest BCUT2D eigenvalue weighted by atomic mass is 9.92. The highest BCUT2D eigenvalue weighted by Crippen LogP contribution is 2.36. The Balaban J connectivity index is 1.48. The molecule has 0 aliphatic carbocycles. The minimum absolute atomic E-state index is 0.0675. The van der Waals surface area contributed by atoms with E-state index in [1.54, 1.807) is 6.07 Å². The lowest BCUT2D eigenvalue weighted by Gasteiger charge is -2.30. The van der Waals surface area contributed by atoms with E-state index >= 15 is 0 Å². The number of nitrogens with zero attached hydrogens (tertiary/aromatic N) is 1. The average Bonchev–Trinajstić information content (AvgIpc) is 3.27. The first-order chi connectivity index (χ1) is 15.6. The minimum Gasteiger partial charge on any atom is -0.480 e. The standard InChI is InChI=1S/C25H33FN2O4/c1-2-17-6-5-11-27-22(17)16-32-19-10-12-28(15-19)24(25(29)30)21-14-18(26)8-9-20(21)23-7-3-4-13-31-23/h2,8-9,14,19,23-24,27H,1,3-7,10-13,15-16H2,(H,29,30)/t19-,23-,24-/m1/s1. The van der Waals surface area contributed by atoms with E-state index in [-0.39, 0.29) is 12.2 Å². The second kappa shape index (κ2) is 10.6. The van der Waals surface area contributed by atoms with Gasteiger partial charge in [0.05, 0.1) is 18.8 Å². The molecule has 0 spiro atoms. The van der Waals surface area contributed by atoms with E-state index in [9.17, 15) is 14.3 Å². The van der Waals surface area contributed by atoms with Crippen molar-refractivity contribution in [2.24, 2.45) is 0 Å². The van der Waals surface area contributed by atoms with Crippen LogP contribution in [0.25, 0.3) is 0 Å². The number of carboxylic acid groups (broad SMARTS) is 1. The summed E-state index contributed by atoms with van der Waals surface area (Å²) in [6, 6.07) is 3.54. The van der Waals surface area contributed by atoms with Gasteiger partial charge in [-0.05, 0) is 67.4 Å². The molecule has 32 heavy (non-hydrogen) atoms. The maximum atomic E-state index is 14.2. The second-order valence-electron chi connectivity index (χ2n) is 8.82. The number of carboxylic acids is 1. The maximum absolute atomic E-state index is 14.2. The molecule has 0 radical (unpaired) electrons. The molecule has 0 amide bonds. The van der Waals surface area contributed by atoms with Crippen molar-refractivity contribution in [3.8, 4) is 0 Å². The Labute approximate surface area is 189 Å². The van der Waals surface area contributed by atoms with Gasteiger partial charge in [-0.3, -0.25) is 9.69 Å². The molecule has 2 fully saturated rings. The average molecular weight is 445 g/mol. The number of likely N-dealkylation sites (tertiary alicyclic amines) is 1. The van der Waals surface area contributed by atoms with E-state index in [0.717, 1.165) is 56.3 Å². The van der Waals surface area contributed by atoms with Crippen LogP contribution in [0.15, 0.2) is 42.1 Å². The normalized spacial score (nSPS) is 25.4. The summed E-state index contributed by atoms with van der Waals surface area (Å²) < 4.78 is 26.2. The van der Waals surface area contributed by atoms with Gasteiger partial charge in [-0.2, -0.15) is 0 Å². The molecule has 2 N–H and O–H groups in total. The molecule has 0 aromatic heterocycles. The number of aliphatic carboxylic acids is 1. The van der Waals surface area contributed by atoms with Gasteiger partial charge >= 0.3 is 5.97 Å². The fraction of sp³-hybridized carbons (Fsp3) is 0.560. The summed E-state index contributed by atoms with van der Waals surface area (Å²) in [5.74, 6) is -1.40. The summed E-state index contributed by atoms with van der Waals surface area (Å²) in [5.41, 5.74) is 3.54. The first-order valence-corrected chi connectivity index (χ1v) is 11.6. The van der Waals surface area contributed by atoms with E-state index in [0.29, 0.717) is 31.9 Å². The Morgan fingerprint density at radius 2 is 2.25 bits per heavy atom. The van der Waals surface area contributed by atoms with Gasteiger partial charge in [-0.25, -0.2) is 4.39 Å². The molecule has 7 heteroatoms. The summed E-state index contributed by atoms with van der Waals surface area (Å²) in [5, 5.41) is 13.5. The smallest absolute Gasteiger partial charge is 0.325 e. The predicted molar refractivity (Wildman–Crippen MR) is 120 cm³/mol. The monoisotopic (exact) mass is 444 g/mol. The Bertz CT molecular complexity index is 865.